The Hall–Kier alpha value is -3.63. The zero-order valence-electron chi connectivity index (χ0n) is 15.5. The number of nitrogens with two attached hydrogens (primary N) is 1. The maximum absolute atomic E-state index is 12.9. The molecule has 2 amide bonds. The molecular weight excluding hydrogens is 389 g/mol. The molecule has 0 saturated carbocycles. The van der Waals surface area contributed by atoms with Crippen LogP contribution in [0.3, 0.4) is 0 Å². The smallest absolute Gasteiger partial charge is 0.364 e. The molecule has 0 saturated heterocycles. The Morgan fingerprint density at radius 3 is 2.55 bits per heavy atom. The van der Waals surface area contributed by atoms with E-state index in [1.807, 2.05) is 0 Å². The van der Waals surface area contributed by atoms with Crippen molar-refractivity contribution in [3.05, 3.63) is 59.2 Å². The molecule has 2 aromatic heterocycles. The number of hydrogen-bond acceptors (Lipinski definition) is 4. The summed E-state index contributed by atoms with van der Waals surface area (Å²) in [5.41, 5.74) is 5.31. The lowest BCUT2D eigenvalue weighted by Crippen LogP contribution is -2.20. The summed E-state index contributed by atoms with van der Waals surface area (Å²) < 4.78 is 41.1. The van der Waals surface area contributed by atoms with Gasteiger partial charge >= 0.3 is 6.18 Å². The summed E-state index contributed by atoms with van der Waals surface area (Å²) in [4.78, 5) is 24.3. The maximum atomic E-state index is 12.9. The Morgan fingerprint density at radius 1 is 1.21 bits per heavy atom. The Kier molecular flexibility index (Phi) is 5.14. The number of halogens is 3. The van der Waals surface area contributed by atoms with Gasteiger partial charge in [-0.3, -0.25) is 14.3 Å². The van der Waals surface area contributed by atoms with Gasteiger partial charge in [0.1, 0.15) is 5.69 Å². The number of aromatic nitrogens is 4. The second-order valence-corrected chi connectivity index (χ2v) is 6.16. The quantitative estimate of drug-likeness (QED) is 0.679. The molecule has 0 fully saturated rings. The van der Waals surface area contributed by atoms with E-state index in [0.717, 1.165) is 16.8 Å². The van der Waals surface area contributed by atoms with Crippen molar-refractivity contribution >= 4 is 17.5 Å². The third kappa shape index (κ3) is 3.98. The van der Waals surface area contributed by atoms with Crippen molar-refractivity contribution in [1.82, 2.24) is 19.6 Å². The van der Waals surface area contributed by atoms with Gasteiger partial charge in [-0.15, -0.1) is 0 Å². The largest absolute Gasteiger partial charge is 0.416 e. The van der Waals surface area contributed by atoms with Crippen molar-refractivity contribution in [1.29, 1.82) is 0 Å². The van der Waals surface area contributed by atoms with E-state index in [1.54, 1.807) is 6.92 Å². The molecule has 0 aliphatic rings. The lowest BCUT2D eigenvalue weighted by Gasteiger charge is -2.08. The summed E-state index contributed by atoms with van der Waals surface area (Å²) in [6.45, 7) is 1.80. The number of nitrogens with one attached hydrogen (secondary N) is 1. The van der Waals surface area contributed by atoms with E-state index in [9.17, 15) is 22.8 Å². The van der Waals surface area contributed by atoms with Gasteiger partial charge in [-0.25, -0.2) is 4.68 Å². The number of rotatable bonds is 5. The van der Waals surface area contributed by atoms with Crippen molar-refractivity contribution in [2.75, 3.05) is 5.32 Å². The van der Waals surface area contributed by atoms with Gasteiger partial charge in [0.25, 0.3) is 11.8 Å². The molecule has 8 nitrogen and oxygen atoms in total. The SMILES string of the molecule is CCc1nn(C)c(C(N)=O)c1NC(=O)c1ccn(-c2cccc(C(F)(F)F)c2)n1. The molecule has 0 aliphatic heterocycles. The molecule has 0 unspecified atom stereocenters. The Morgan fingerprint density at radius 2 is 1.93 bits per heavy atom. The zero-order valence-corrected chi connectivity index (χ0v) is 15.5. The van der Waals surface area contributed by atoms with Gasteiger partial charge in [-0.05, 0) is 30.7 Å². The van der Waals surface area contributed by atoms with E-state index >= 15 is 0 Å². The van der Waals surface area contributed by atoms with Crippen LogP contribution in [0.4, 0.5) is 18.9 Å². The Bertz CT molecular complexity index is 1080. The molecule has 0 bridgehead atoms. The van der Waals surface area contributed by atoms with Crippen molar-refractivity contribution in [3.8, 4) is 5.69 Å². The van der Waals surface area contributed by atoms with Crippen molar-refractivity contribution in [2.45, 2.75) is 19.5 Å². The minimum atomic E-state index is -4.49. The molecule has 3 rings (SSSR count). The average molecular weight is 406 g/mol. The fraction of sp³-hybridized carbons (Fsp3) is 0.222. The zero-order chi connectivity index (χ0) is 21.3. The number of primary amides is 1. The number of aryl methyl sites for hydroxylation is 2. The van der Waals surface area contributed by atoms with Gasteiger partial charge in [-0.1, -0.05) is 13.0 Å². The highest BCUT2D eigenvalue weighted by Crippen LogP contribution is 2.30. The van der Waals surface area contributed by atoms with Gasteiger partial charge < -0.3 is 11.1 Å². The van der Waals surface area contributed by atoms with Crippen LogP contribution in [0.1, 0.15) is 39.2 Å². The molecule has 11 heteroatoms. The first kappa shape index (κ1) is 20.1. The van der Waals surface area contributed by atoms with Crippen LogP contribution in [0.2, 0.25) is 0 Å². The first-order valence-corrected chi connectivity index (χ1v) is 8.52. The van der Waals surface area contributed by atoms with E-state index in [-0.39, 0.29) is 22.8 Å². The highest BCUT2D eigenvalue weighted by atomic mass is 19.4. The number of hydrogen-bond donors (Lipinski definition) is 2. The van der Waals surface area contributed by atoms with Crippen LogP contribution in [0.25, 0.3) is 5.69 Å². The predicted molar refractivity (Wildman–Crippen MR) is 97.6 cm³/mol. The first-order chi connectivity index (χ1) is 13.6. The molecule has 3 aromatic rings. The van der Waals surface area contributed by atoms with E-state index in [0.29, 0.717) is 12.1 Å². The average Bonchev–Trinajstić information content (AvgIpc) is 3.26. The molecule has 29 heavy (non-hydrogen) atoms. The monoisotopic (exact) mass is 406 g/mol. The third-order valence-corrected chi connectivity index (χ3v) is 4.19. The van der Waals surface area contributed by atoms with Crippen molar-refractivity contribution < 1.29 is 22.8 Å². The Labute approximate surface area is 163 Å². The van der Waals surface area contributed by atoms with E-state index < -0.39 is 23.6 Å². The molecule has 0 radical (unpaired) electrons. The summed E-state index contributed by atoms with van der Waals surface area (Å²) in [5, 5.41) is 10.8. The minimum absolute atomic E-state index is 0.0347. The summed E-state index contributed by atoms with van der Waals surface area (Å²) in [6, 6.07) is 5.91. The number of amides is 2. The number of benzene rings is 1. The lowest BCUT2D eigenvalue weighted by molar-refractivity contribution is -0.137. The van der Waals surface area contributed by atoms with Crippen molar-refractivity contribution in [3.63, 3.8) is 0 Å². The maximum Gasteiger partial charge on any atom is 0.416 e. The summed E-state index contributed by atoms with van der Waals surface area (Å²) >= 11 is 0. The summed E-state index contributed by atoms with van der Waals surface area (Å²) in [7, 11) is 1.53. The third-order valence-electron chi connectivity index (χ3n) is 4.19. The van der Waals surface area contributed by atoms with E-state index in [4.69, 9.17) is 5.73 Å². The van der Waals surface area contributed by atoms with Crippen LogP contribution < -0.4 is 11.1 Å². The first-order valence-electron chi connectivity index (χ1n) is 8.52. The second-order valence-electron chi connectivity index (χ2n) is 6.16. The molecule has 0 atom stereocenters. The molecule has 2 heterocycles. The van der Waals surface area contributed by atoms with Crippen LogP contribution in [-0.4, -0.2) is 31.4 Å². The number of anilines is 1. The topological polar surface area (TPSA) is 108 Å². The standard InChI is InChI=1S/C18H17F3N6O2/c1-3-12-14(15(16(22)28)26(2)24-12)23-17(29)13-7-8-27(25-13)11-6-4-5-10(9-11)18(19,20)21/h4-9H,3H2,1-2H3,(H2,22,28)(H,23,29). The molecular formula is C18H17F3N6O2. The van der Waals surface area contributed by atoms with E-state index in [1.165, 1.54) is 36.1 Å². The number of alkyl halides is 3. The Balaban J connectivity index is 1.89. The van der Waals surface area contributed by atoms with Crippen LogP contribution in [0.5, 0.6) is 0 Å². The van der Waals surface area contributed by atoms with Crippen molar-refractivity contribution in [2.24, 2.45) is 12.8 Å². The highest BCUT2D eigenvalue weighted by molar-refractivity contribution is 6.07. The summed E-state index contributed by atoms with van der Waals surface area (Å²) in [5.74, 6) is -1.41. The van der Waals surface area contributed by atoms with Crippen LogP contribution in [0, 0.1) is 0 Å². The minimum Gasteiger partial charge on any atom is -0.364 e. The second kappa shape index (κ2) is 7.41. The molecule has 3 N–H and O–H groups in total. The number of carbonyl (C=O) groups is 2. The van der Waals surface area contributed by atoms with Gasteiger partial charge in [0.05, 0.1) is 22.6 Å². The fourth-order valence-electron chi connectivity index (χ4n) is 2.83. The molecule has 0 aliphatic carbocycles. The lowest BCUT2D eigenvalue weighted by atomic mass is 10.2. The van der Waals surface area contributed by atoms with Gasteiger partial charge in [-0.2, -0.15) is 23.4 Å². The molecule has 1 aromatic carbocycles. The predicted octanol–water partition coefficient (Wildman–Crippen LogP) is 2.54. The van der Waals surface area contributed by atoms with Crippen LogP contribution >= 0.6 is 0 Å². The fourth-order valence-corrected chi connectivity index (χ4v) is 2.83. The van der Waals surface area contributed by atoms with Gasteiger partial charge in [0.15, 0.2) is 5.69 Å². The normalized spacial score (nSPS) is 11.5. The number of carbonyl (C=O) groups excluding carboxylic acids is 2. The highest BCUT2D eigenvalue weighted by Gasteiger charge is 2.30. The van der Waals surface area contributed by atoms with E-state index in [2.05, 4.69) is 15.5 Å². The van der Waals surface area contributed by atoms with Gasteiger partial charge in [0, 0.05) is 13.2 Å². The van der Waals surface area contributed by atoms with Crippen LogP contribution in [-0.2, 0) is 19.6 Å². The van der Waals surface area contributed by atoms with Crippen LogP contribution in [0.15, 0.2) is 36.5 Å². The van der Waals surface area contributed by atoms with Gasteiger partial charge in [0.2, 0.25) is 0 Å². The molecule has 0 spiro atoms. The molecule has 152 valence electrons. The number of nitrogens with zero attached hydrogens (tertiary/aromatic N) is 4. The summed E-state index contributed by atoms with van der Waals surface area (Å²) in [6.07, 6.45) is -2.69.